The number of rotatable bonds is 3. The third-order valence-electron chi connectivity index (χ3n) is 2.50. The summed E-state index contributed by atoms with van der Waals surface area (Å²) in [5.41, 5.74) is 0.664. The van der Waals surface area contributed by atoms with Gasteiger partial charge < -0.3 is 10.3 Å². The molecule has 2 aromatic rings. The van der Waals surface area contributed by atoms with Gasteiger partial charge in [0.05, 0.1) is 5.56 Å². The zero-order chi connectivity index (χ0) is 13.8. The highest BCUT2D eigenvalue weighted by atomic mass is 35.5. The van der Waals surface area contributed by atoms with Crippen LogP contribution in [-0.2, 0) is 6.54 Å². The molecule has 2 rings (SSSR count). The summed E-state index contributed by atoms with van der Waals surface area (Å²) in [6.07, 6.45) is 1.32. The lowest BCUT2D eigenvalue weighted by Gasteiger charge is -2.07. The largest absolute Gasteiger partial charge is 0.348 e. The number of pyridine rings is 1. The average Bonchev–Trinajstić information content (AvgIpc) is 2.38. The molecule has 1 amide bonds. The van der Waals surface area contributed by atoms with Crippen LogP contribution in [0.4, 0.5) is 4.39 Å². The lowest BCUT2D eigenvalue weighted by molar-refractivity contribution is 0.0950. The topological polar surface area (TPSA) is 62.0 Å². The number of aromatic nitrogens is 1. The number of halogens is 2. The first kappa shape index (κ1) is 13.3. The van der Waals surface area contributed by atoms with Crippen LogP contribution in [0.3, 0.4) is 0 Å². The number of hydrogen-bond acceptors (Lipinski definition) is 2. The van der Waals surface area contributed by atoms with Gasteiger partial charge in [0.25, 0.3) is 5.91 Å². The van der Waals surface area contributed by atoms with Gasteiger partial charge in [-0.2, -0.15) is 0 Å². The quantitative estimate of drug-likeness (QED) is 0.904. The molecule has 0 saturated carbocycles. The van der Waals surface area contributed by atoms with Gasteiger partial charge in [0.1, 0.15) is 5.82 Å². The standard InChI is InChI=1S/C13H10ClFN2O2/c14-11-5-10(15)3-1-8(11)6-17-13(19)9-2-4-12(18)16-7-9/h1-5,7H,6H2,(H,16,18)(H,17,19). The van der Waals surface area contributed by atoms with Crippen LogP contribution in [0.25, 0.3) is 0 Å². The average molecular weight is 281 g/mol. The minimum atomic E-state index is -0.430. The van der Waals surface area contributed by atoms with E-state index in [9.17, 15) is 14.0 Å². The lowest BCUT2D eigenvalue weighted by Crippen LogP contribution is -2.23. The van der Waals surface area contributed by atoms with Crippen LogP contribution in [0.1, 0.15) is 15.9 Å². The molecule has 98 valence electrons. The number of carbonyl (C=O) groups is 1. The third kappa shape index (κ3) is 3.42. The summed E-state index contributed by atoms with van der Waals surface area (Å²) < 4.78 is 12.8. The Bertz CT molecular complexity index is 649. The third-order valence-corrected chi connectivity index (χ3v) is 2.85. The van der Waals surface area contributed by atoms with Gasteiger partial charge in [-0.25, -0.2) is 4.39 Å². The van der Waals surface area contributed by atoms with Gasteiger partial charge in [-0.3, -0.25) is 9.59 Å². The molecule has 0 radical (unpaired) electrons. The number of nitrogens with one attached hydrogen (secondary N) is 2. The van der Waals surface area contributed by atoms with Crippen molar-refractivity contribution in [2.45, 2.75) is 6.54 Å². The number of H-pyrrole nitrogens is 1. The van der Waals surface area contributed by atoms with Gasteiger partial charge in [0.2, 0.25) is 5.56 Å². The maximum Gasteiger partial charge on any atom is 0.253 e. The monoisotopic (exact) mass is 280 g/mol. The van der Waals surface area contributed by atoms with E-state index < -0.39 is 5.82 Å². The Morgan fingerprint density at radius 1 is 1.32 bits per heavy atom. The molecule has 0 aliphatic heterocycles. The van der Waals surface area contributed by atoms with Crippen molar-refractivity contribution >= 4 is 17.5 Å². The summed E-state index contributed by atoms with van der Waals surface area (Å²) in [5.74, 6) is -0.780. The number of hydrogen-bond donors (Lipinski definition) is 2. The zero-order valence-electron chi connectivity index (χ0n) is 9.74. The van der Waals surface area contributed by atoms with E-state index in [1.807, 2.05) is 0 Å². The first-order valence-corrected chi connectivity index (χ1v) is 5.85. The van der Waals surface area contributed by atoms with Crippen molar-refractivity contribution in [3.05, 3.63) is 68.8 Å². The van der Waals surface area contributed by atoms with E-state index in [0.717, 1.165) is 0 Å². The summed E-state index contributed by atoms with van der Waals surface area (Å²) in [4.78, 5) is 25.0. The van der Waals surface area contributed by atoms with E-state index in [1.54, 1.807) is 0 Å². The molecule has 1 heterocycles. The van der Waals surface area contributed by atoms with E-state index >= 15 is 0 Å². The van der Waals surface area contributed by atoms with Gasteiger partial charge in [-0.1, -0.05) is 17.7 Å². The van der Waals surface area contributed by atoms with Crippen molar-refractivity contribution < 1.29 is 9.18 Å². The highest BCUT2D eigenvalue weighted by Gasteiger charge is 2.07. The fraction of sp³-hybridized carbons (Fsp3) is 0.0769. The molecule has 0 bridgehead atoms. The van der Waals surface area contributed by atoms with E-state index in [2.05, 4.69) is 10.3 Å². The molecule has 6 heteroatoms. The fourth-order valence-corrected chi connectivity index (χ4v) is 1.73. The van der Waals surface area contributed by atoms with Crippen LogP contribution in [0.2, 0.25) is 5.02 Å². The Balaban J connectivity index is 2.04. The van der Waals surface area contributed by atoms with Gasteiger partial charge in [0, 0.05) is 23.8 Å². The molecule has 2 N–H and O–H groups in total. The molecule has 19 heavy (non-hydrogen) atoms. The fourth-order valence-electron chi connectivity index (χ4n) is 1.49. The Morgan fingerprint density at radius 3 is 2.74 bits per heavy atom. The van der Waals surface area contributed by atoms with Crippen LogP contribution < -0.4 is 10.9 Å². The molecule has 0 atom stereocenters. The second kappa shape index (κ2) is 5.67. The van der Waals surface area contributed by atoms with Crippen LogP contribution in [0.15, 0.2) is 41.3 Å². The van der Waals surface area contributed by atoms with E-state index in [-0.39, 0.29) is 23.0 Å². The summed E-state index contributed by atoms with van der Waals surface area (Å²) >= 11 is 5.84. The molecule has 1 aromatic carbocycles. The Labute approximate surface area is 113 Å². The molecular weight excluding hydrogens is 271 g/mol. The molecule has 0 spiro atoms. The predicted molar refractivity (Wildman–Crippen MR) is 69.6 cm³/mol. The maximum atomic E-state index is 12.8. The first-order chi connectivity index (χ1) is 9.06. The molecule has 0 saturated heterocycles. The predicted octanol–water partition coefficient (Wildman–Crippen LogP) is 2.10. The minimum Gasteiger partial charge on any atom is -0.348 e. The number of amides is 1. The molecule has 4 nitrogen and oxygen atoms in total. The molecule has 0 aliphatic rings. The molecule has 0 aliphatic carbocycles. The van der Waals surface area contributed by atoms with Crippen LogP contribution >= 0.6 is 11.6 Å². The maximum absolute atomic E-state index is 12.8. The Hall–Kier alpha value is -2.14. The van der Waals surface area contributed by atoms with Gasteiger partial charge in [-0.05, 0) is 23.8 Å². The van der Waals surface area contributed by atoms with Crippen molar-refractivity contribution in [1.29, 1.82) is 0 Å². The normalized spacial score (nSPS) is 10.2. The zero-order valence-corrected chi connectivity index (χ0v) is 10.5. The smallest absolute Gasteiger partial charge is 0.253 e. The summed E-state index contributed by atoms with van der Waals surface area (Å²) in [7, 11) is 0. The molecule has 0 unspecified atom stereocenters. The van der Waals surface area contributed by atoms with Crippen molar-refractivity contribution in [2.24, 2.45) is 0 Å². The van der Waals surface area contributed by atoms with Crippen LogP contribution in [0, 0.1) is 5.82 Å². The number of benzene rings is 1. The van der Waals surface area contributed by atoms with E-state index in [4.69, 9.17) is 11.6 Å². The van der Waals surface area contributed by atoms with E-state index in [1.165, 1.54) is 36.5 Å². The molecule has 1 aromatic heterocycles. The molecule has 0 fully saturated rings. The summed E-state index contributed by atoms with van der Waals surface area (Å²) in [5, 5.41) is 2.88. The minimum absolute atomic E-state index is 0.178. The SMILES string of the molecule is O=C(NCc1ccc(F)cc1Cl)c1ccc(=O)[nH]c1. The molecular formula is C13H10ClFN2O2. The van der Waals surface area contributed by atoms with Crippen LogP contribution in [-0.4, -0.2) is 10.9 Å². The first-order valence-electron chi connectivity index (χ1n) is 5.47. The highest BCUT2D eigenvalue weighted by molar-refractivity contribution is 6.31. The van der Waals surface area contributed by atoms with Crippen LogP contribution in [0.5, 0.6) is 0 Å². The van der Waals surface area contributed by atoms with Crippen molar-refractivity contribution in [1.82, 2.24) is 10.3 Å². The summed E-state index contributed by atoms with van der Waals surface area (Å²) in [6.45, 7) is 0.178. The van der Waals surface area contributed by atoms with Crippen molar-refractivity contribution in [3.63, 3.8) is 0 Å². The lowest BCUT2D eigenvalue weighted by atomic mass is 10.2. The number of carbonyl (C=O) groups excluding carboxylic acids is 1. The second-order valence-corrected chi connectivity index (χ2v) is 4.27. The summed E-state index contributed by atoms with van der Waals surface area (Å²) in [6, 6.07) is 6.64. The van der Waals surface area contributed by atoms with Crippen molar-refractivity contribution in [2.75, 3.05) is 0 Å². The Morgan fingerprint density at radius 2 is 2.11 bits per heavy atom. The number of aromatic amines is 1. The van der Waals surface area contributed by atoms with Crippen molar-refractivity contribution in [3.8, 4) is 0 Å². The van der Waals surface area contributed by atoms with Gasteiger partial charge >= 0.3 is 0 Å². The van der Waals surface area contributed by atoms with Gasteiger partial charge in [-0.15, -0.1) is 0 Å². The Kier molecular flexibility index (Phi) is 3.97. The second-order valence-electron chi connectivity index (χ2n) is 3.86. The highest BCUT2D eigenvalue weighted by Crippen LogP contribution is 2.16. The van der Waals surface area contributed by atoms with Gasteiger partial charge in [0.15, 0.2) is 0 Å². The van der Waals surface area contributed by atoms with E-state index in [0.29, 0.717) is 11.1 Å².